The Bertz CT molecular complexity index is 2480. The summed E-state index contributed by atoms with van der Waals surface area (Å²) in [6.45, 7) is 1.17. The Kier molecular flexibility index (Phi) is 12.1. The van der Waals surface area contributed by atoms with Gasteiger partial charge < -0.3 is 29.8 Å². The minimum Gasteiger partial charge on any atom is -0.453 e. The summed E-state index contributed by atoms with van der Waals surface area (Å²) < 4.78 is 4.83. The number of aromatic amines is 2. The van der Waals surface area contributed by atoms with Crippen molar-refractivity contribution >= 4 is 41.1 Å². The summed E-state index contributed by atoms with van der Waals surface area (Å²) in [4.78, 5) is 62.3. The van der Waals surface area contributed by atoms with Crippen molar-refractivity contribution in [2.45, 2.75) is 49.9 Å². The quantitative estimate of drug-likeness (QED) is 0.118. The molecule has 14 heteroatoms. The van der Waals surface area contributed by atoms with Gasteiger partial charge in [0.25, 0.3) is 5.91 Å². The molecule has 60 heavy (non-hydrogen) atoms. The molecule has 0 spiro atoms. The highest BCUT2D eigenvalue weighted by Crippen LogP contribution is 2.38. The maximum absolute atomic E-state index is 14.0. The Morgan fingerprint density at radius 2 is 1.13 bits per heavy atom. The fourth-order valence-electron chi connectivity index (χ4n) is 8.43. The van der Waals surface area contributed by atoms with Crippen molar-refractivity contribution in [3.63, 3.8) is 0 Å². The van der Waals surface area contributed by atoms with Crippen LogP contribution in [0, 0.1) is 0 Å². The van der Waals surface area contributed by atoms with Crippen LogP contribution < -0.4 is 5.32 Å². The van der Waals surface area contributed by atoms with Crippen molar-refractivity contribution < 1.29 is 19.1 Å². The summed E-state index contributed by atoms with van der Waals surface area (Å²) in [6, 6.07) is 29.1. The first kappa shape index (κ1) is 40.8. The van der Waals surface area contributed by atoms with Crippen LogP contribution in [0.4, 0.5) is 4.79 Å². The summed E-state index contributed by atoms with van der Waals surface area (Å²) in [5.74, 6) is 1.18. The molecule has 6 aromatic rings. The number of carbonyl (C=O) groups is 3. The van der Waals surface area contributed by atoms with Gasteiger partial charge in [-0.2, -0.15) is 0 Å². The number of methoxy groups -OCH3 is 1. The van der Waals surface area contributed by atoms with Gasteiger partial charge in [-0.1, -0.05) is 108 Å². The molecule has 0 saturated carbocycles. The molecule has 0 radical (unpaired) electrons. The van der Waals surface area contributed by atoms with Gasteiger partial charge in [0.1, 0.15) is 23.7 Å². The third-order valence-corrected chi connectivity index (χ3v) is 12.2. The van der Waals surface area contributed by atoms with Crippen LogP contribution in [0.15, 0.2) is 109 Å². The van der Waals surface area contributed by atoms with Crippen LogP contribution in [0.1, 0.15) is 72.6 Å². The number of nitrogens with one attached hydrogen (secondary N) is 3. The van der Waals surface area contributed by atoms with E-state index in [4.69, 9.17) is 37.9 Å². The van der Waals surface area contributed by atoms with Crippen LogP contribution >= 0.6 is 23.2 Å². The topological polar surface area (TPSA) is 140 Å². The maximum Gasteiger partial charge on any atom is 0.407 e. The molecule has 2 aromatic heterocycles. The highest BCUT2D eigenvalue weighted by molar-refractivity contribution is 6.32. The number of hydrogen-bond donors (Lipinski definition) is 3. The maximum atomic E-state index is 14.0. The third-order valence-electron chi connectivity index (χ3n) is 11.5. The molecule has 4 heterocycles. The molecule has 0 aliphatic carbocycles. The molecule has 4 atom stereocenters. The zero-order valence-corrected chi connectivity index (χ0v) is 35.1. The smallest absolute Gasteiger partial charge is 0.407 e. The van der Waals surface area contributed by atoms with Crippen molar-refractivity contribution in [2.24, 2.45) is 0 Å². The van der Waals surface area contributed by atoms with Crippen molar-refractivity contribution in [2.75, 3.05) is 34.3 Å². The zero-order chi connectivity index (χ0) is 41.9. The van der Waals surface area contributed by atoms with E-state index in [1.165, 1.54) is 7.11 Å². The largest absolute Gasteiger partial charge is 0.453 e. The molecule has 2 aliphatic heterocycles. The molecule has 0 unspecified atom stereocenters. The first-order valence-electron chi connectivity index (χ1n) is 20.0. The predicted octanol–water partition coefficient (Wildman–Crippen LogP) is 9.17. The SMILES string of the molecule is COC(=O)N[C@@H](C(=O)N1CCC[C@H]1c1ncc(-c2ccc(-c3ccc(-c4cnc([C@@H]5CCCN5C(=O)[C@@H](c5ccccc5Cl)N(C)C)[nH]4)cc3)cc2)[nH]1)c1ccccc1Cl. The van der Waals surface area contributed by atoms with Crippen LogP contribution in [-0.2, 0) is 14.3 Å². The van der Waals surface area contributed by atoms with Crippen molar-refractivity contribution in [1.29, 1.82) is 0 Å². The fourth-order valence-corrected chi connectivity index (χ4v) is 8.91. The summed E-state index contributed by atoms with van der Waals surface area (Å²) in [5, 5.41) is 3.63. The van der Waals surface area contributed by atoms with Crippen LogP contribution in [0.2, 0.25) is 10.0 Å². The number of hydrogen-bond acceptors (Lipinski definition) is 7. The summed E-state index contributed by atoms with van der Waals surface area (Å²) in [6.07, 6.45) is 6.15. The van der Waals surface area contributed by atoms with E-state index in [1.54, 1.807) is 35.4 Å². The van der Waals surface area contributed by atoms with Gasteiger partial charge in [-0.3, -0.25) is 14.5 Å². The number of ether oxygens (including phenoxy) is 1. The Labute approximate surface area is 358 Å². The van der Waals surface area contributed by atoms with Gasteiger partial charge >= 0.3 is 6.09 Å². The number of halogens is 2. The lowest BCUT2D eigenvalue weighted by Gasteiger charge is -2.32. The Morgan fingerprint density at radius 1 is 0.683 bits per heavy atom. The fraction of sp³-hybridized carbons (Fsp3) is 0.283. The van der Waals surface area contributed by atoms with E-state index in [0.29, 0.717) is 34.5 Å². The Balaban J connectivity index is 0.935. The third kappa shape index (κ3) is 8.27. The van der Waals surface area contributed by atoms with Gasteiger partial charge in [-0.15, -0.1) is 0 Å². The van der Waals surface area contributed by atoms with E-state index >= 15 is 0 Å². The van der Waals surface area contributed by atoms with E-state index in [2.05, 4.69) is 51.7 Å². The Morgan fingerprint density at radius 3 is 1.60 bits per heavy atom. The molecule has 4 aromatic carbocycles. The second-order valence-electron chi connectivity index (χ2n) is 15.4. The number of nitrogens with zero attached hydrogens (tertiary/aromatic N) is 5. The van der Waals surface area contributed by atoms with Crippen LogP contribution in [0.5, 0.6) is 0 Å². The standard InChI is InChI=1S/C46H46Cl2N8O4/c1-54(2)41(33-11-5-7-13-35(33)48)45(58)56-25-9-15-39(56)43-50-27-37(52-43)31-22-18-29(19-23-31)28-16-20-30(21-17-28)36-26-49-42(51-36)38-14-8-24-55(38)44(57)40(53-46(59)60-3)32-10-4-6-12-34(32)47/h4-7,10-13,16-23,26-27,38-41H,8-9,14-15,24-25H2,1-3H3,(H,49,51)(H,50,52)(H,53,59)/t38-,39-,40+,41+/m0/s1. The van der Waals surface area contributed by atoms with Crippen molar-refractivity contribution in [3.05, 3.63) is 142 Å². The number of likely N-dealkylation sites (tertiary alicyclic amines) is 2. The predicted molar refractivity (Wildman–Crippen MR) is 232 cm³/mol. The number of rotatable bonds is 11. The summed E-state index contributed by atoms with van der Waals surface area (Å²) >= 11 is 13.0. The first-order valence-corrected chi connectivity index (χ1v) is 20.8. The first-order chi connectivity index (χ1) is 29.1. The van der Waals surface area contributed by atoms with E-state index < -0.39 is 18.2 Å². The molecule has 8 rings (SSSR count). The lowest BCUT2D eigenvalue weighted by Crippen LogP contribution is -2.43. The highest BCUT2D eigenvalue weighted by atomic mass is 35.5. The number of aromatic nitrogens is 4. The molecule has 308 valence electrons. The lowest BCUT2D eigenvalue weighted by molar-refractivity contribution is -0.137. The molecular weight excluding hydrogens is 799 g/mol. The summed E-state index contributed by atoms with van der Waals surface area (Å²) in [7, 11) is 5.06. The van der Waals surface area contributed by atoms with Crippen molar-refractivity contribution in [3.8, 4) is 33.6 Å². The zero-order valence-electron chi connectivity index (χ0n) is 33.6. The summed E-state index contributed by atoms with van der Waals surface area (Å²) in [5.41, 5.74) is 7.08. The molecule has 3 amide bonds. The monoisotopic (exact) mass is 844 g/mol. The van der Waals surface area contributed by atoms with E-state index in [9.17, 15) is 14.4 Å². The van der Waals surface area contributed by atoms with Crippen LogP contribution in [0.3, 0.4) is 0 Å². The van der Waals surface area contributed by atoms with Gasteiger partial charge in [0.2, 0.25) is 5.91 Å². The van der Waals surface area contributed by atoms with Gasteiger partial charge in [0, 0.05) is 28.7 Å². The van der Waals surface area contributed by atoms with Gasteiger partial charge in [-0.25, -0.2) is 14.8 Å². The number of alkyl carbamates (subject to hydrolysis) is 1. The molecule has 12 nitrogen and oxygen atoms in total. The number of benzene rings is 4. The van der Waals surface area contributed by atoms with E-state index in [0.717, 1.165) is 70.7 Å². The van der Waals surface area contributed by atoms with Crippen molar-refractivity contribution in [1.82, 2.24) is 40.0 Å². The molecule has 3 N–H and O–H groups in total. The second kappa shape index (κ2) is 17.7. The lowest BCUT2D eigenvalue weighted by atomic mass is 10.0. The van der Waals surface area contributed by atoms with Gasteiger partial charge in [-0.05, 0) is 79.7 Å². The Hall–Kier alpha value is -5.95. The average molecular weight is 846 g/mol. The van der Waals surface area contributed by atoms with Crippen LogP contribution in [0.25, 0.3) is 33.6 Å². The molecule has 2 saturated heterocycles. The number of carbonyl (C=O) groups excluding carboxylic acids is 3. The van der Waals surface area contributed by atoms with Gasteiger partial charge in [0.15, 0.2) is 0 Å². The number of likely N-dealkylation sites (N-methyl/N-ethyl adjacent to an activating group) is 1. The molecule has 0 bridgehead atoms. The highest BCUT2D eigenvalue weighted by Gasteiger charge is 2.39. The molecule has 2 fully saturated rings. The van der Waals surface area contributed by atoms with E-state index in [-0.39, 0.29) is 23.9 Å². The number of amides is 3. The molecule has 2 aliphatic rings. The minimum absolute atomic E-state index is 0.0130. The average Bonchev–Trinajstić information content (AvgIpc) is 4.11. The number of imidazole rings is 2. The molecular formula is C46H46Cl2N8O4. The van der Waals surface area contributed by atoms with Crippen LogP contribution in [-0.4, -0.2) is 86.8 Å². The second-order valence-corrected chi connectivity index (χ2v) is 16.2. The normalized spacial score (nSPS) is 17.5. The van der Waals surface area contributed by atoms with Gasteiger partial charge in [0.05, 0.1) is 43.0 Å². The van der Waals surface area contributed by atoms with E-state index in [1.807, 2.05) is 66.5 Å². The minimum atomic E-state index is -1.01. The number of H-pyrrole nitrogens is 2.